The normalized spacial score (nSPS) is 12.2. The van der Waals surface area contributed by atoms with Crippen molar-refractivity contribution >= 4 is 16.9 Å². The molecule has 3 rings (SSSR count). The van der Waals surface area contributed by atoms with Crippen LogP contribution in [0.3, 0.4) is 0 Å². The van der Waals surface area contributed by atoms with Crippen LogP contribution in [0, 0.1) is 0 Å². The molecule has 1 N–H and O–H groups in total. The molecule has 0 aliphatic rings. The van der Waals surface area contributed by atoms with Gasteiger partial charge in [0.2, 0.25) is 0 Å². The number of anilines is 1. The fraction of sp³-hybridized carbons (Fsp3) is 0.312. The maximum Gasteiger partial charge on any atom is 0.163 e. The summed E-state index contributed by atoms with van der Waals surface area (Å²) in [4.78, 5) is 8.58. The van der Waals surface area contributed by atoms with Gasteiger partial charge in [-0.1, -0.05) is 0 Å². The van der Waals surface area contributed by atoms with Gasteiger partial charge in [0.15, 0.2) is 5.65 Å². The van der Waals surface area contributed by atoms with Gasteiger partial charge in [-0.05, 0) is 25.1 Å². The first-order chi connectivity index (χ1) is 11.1. The zero-order valence-corrected chi connectivity index (χ0v) is 13.6. The second-order valence-electron chi connectivity index (χ2n) is 5.20. The Kier molecular flexibility index (Phi) is 4.01. The maximum absolute atomic E-state index is 5.45. The molecule has 0 saturated carbocycles. The summed E-state index contributed by atoms with van der Waals surface area (Å²) in [6.07, 6.45) is 3.29. The number of fused-ring (bicyclic) bond motifs is 1. The van der Waals surface area contributed by atoms with Gasteiger partial charge in [0.25, 0.3) is 0 Å². The number of methoxy groups -OCH3 is 2. The molecule has 0 aliphatic heterocycles. The lowest BCUT2D eigenvalue weighted by Gasteiger charge is -2.19. The summed E-state index contributed by atoms with van der Waals surface area (Å²) in [6, 6.07) is 5.70. The largest absolute Gasteiger partial charge is 0.497 e. The third-order valence-electron chi connectivity index (χ3n) is 3.79. The Hall–Kier alpha value is -2.83. The van der Waals surface area contributed by atoms with Crippen molar-refractivity contribution in [1.29, 1.82) is 0 Å². The Labute approximate surface area is 134 Å². The van der Waals surface area contributed by atoms with Gasteiger partial charge >= 0.3 is 0 Å². The minimum Gasteiger partial charge on any atom is -0.497 e. The van der Waals surface area contributed by atoms with Crippen molar-refractivity contribution in [1.82, 2.24) is 19.7 Å². The second-order valence-corrected chi connectivity index (χ2v) is 5.20. The van der Waals surface area contributed by atoms with E-state index in [0.717, 1.165) is 33.9 Å². The van der Waals surface area contributed by atoms with E-state index in [9.17, 15) is 0 Å². The average Bonchev–Trinajstić information content (AvgIpc) is 2.96. The summed E-state index contributed by atoms with van der Waals surface area (Å²) in [5.41, 5.74) is 1.77. The van der Waals surface area contributed by atoms with E-state index in [1.54, 1.807) is 25.1 Å². The van der Waals surface area contributed by atoms with Gasteiger partial charge in [-0.2, -0.15) is 5.10 Å². The molecule has 120 valence electrons. The quantitative estimate of drug-likeness (QED) is 0.780. The molecule has 23 heavy (non-hydrogen) atoms. The summed E-state index contributed by atoms with van der Waals surface area (Å²) in [5.74, 6) is 2.31. The van der Waals surface area contributed by atoms with Gasteiger partial charge in [-0.15, -0.1) is 0 Å². The van der Waals surface area contributed by atoms with E-state index >= 15 is 0 Å². The predicted octanol–water partition coefficient (Wildman–Crippen LogP) is 2.55. The topological polar surface area (TPSA) is 74.1 Å². The number of rotatable bonds is 5. The second kappa shape index (κ2) is 6.12. The van der Waals surface area contributed by atoms with E-state index in [2.05, 4.69) is 20.4 Å². The lowest BCUT2D eigenvalue weighted by Crippen LogP contribution is -2.10. The van der Waals surface area contributed by atoms with Crippen LogP contribution in [0.5, 0.6) is 11.5 Å². The van der Waals surface area contributed by atoms with Gasteiger partial charge in [-0.25, -0.2) is 9.97 Å². The van der Waals surface area contributed by atoms with E-state index in [-0.39, 0.29) is 6.04 Å². The first-order valence-corrected chi connectivity index (χ1v) is 7.25. The van der Waals surface area contributed by atoms with Crippen LogP contribution in [0.2, 0.25) is 0 Å². The Bertz CT molecular complexity index is 830. The first-order valence-electron chi connectivity index (χ1n) is 7.25. The molecule has 0 fully saturated rings. The number of aryl methyl sites for hydroxylation is 1. The zero-order valence-electron chi connectivity index (χ0n) is 13.6. The number of ether oxygens (including phenoxy) is 2. The fourth-order valence-corrected chi connectivity index (χ4v) is 2.54. The van der Waals surface area contributed by atoms with Crippen LogP contribution in [-0.4, -0.2) is 34.0 Å². The molecule has 0 radical (unpaired) electrons. The van der Waals surface area contributed by atoms with Crippen molar-refractivity contribution < 1.29 is 9.47 Å². The van der Waals surface area contributed by atoms with Gasteiger partial charge in [-0.3, -0.25) is 4.68 Å². The number of benzene rings is 1. The van der Waals surface area contributed by atoms with Crippen molar-refractivity contribution in [3.8, 4) is 11.5 Å². The smallest absolute Gasteiger partial charge is 0.163 e. The first kappa shape index (κ1) is 15.1. The average molecular weight is 313 g/mol. The van der Waals surface area contributed by atoms with Crippen LogP contribution in [0.4, 0.5) is 5.82 Å². The van der Waals surface area contributed by atoms with Crippen LogP contribution in [-0.2, 0) is 7.05 Å². The van der Waals surface area contributed by atoms with Crippen LogP contribution in [0.25, 0.3) is 11.0 Å². The highest BCUT2D eigenvalue weighted by atomic mass is 16.5. The van der Waals surface area contributed by atoms with Crippen molar-refractivity contribution in [2.24, 2.45) is 7.05 Å². The minimum absolute atomic E-state index is 0.0293. The molecule has 3 aromatic rings. The highest BCUT2D eigenvalue weighted by Gasteiger charge is 2.15. The Morgan fingerprint density at radius 1 is 1.17 bits per heavy atom. The lowest BCUT2D eigenvalue weighted by molar-refractivity contribution is 0.397. The molecule has 0 aliphatic carbocycles. The molecule has 7 heteroatoms. The number of hydrogen-bond acceptors (Lipinski definition) is 6. The van der Waals surface area contributed by atoms with Crippen LogP contribution in [0.15, 0.2) is 30.7 Å². The Morgan fingerprint density at radius 2 is 2.00 bits per heavy atom. The molecule has 7 nitrogen and oxygen atoms in total. The molecule has 0 spiro atoms. The van der Waals surface area contributed by atoms with Crippen LogP contribution < -0.4 is 14.8 Å². The number of nitrogens with zero attached hydrogens (tertiary/aromatic N) is 4. The van der Waals surface area contributed by atoms with Gasteiger partial charge in [0.05, 0.1) is 31.8 Å². The van der Waals surface area contributed by atoms with E-state index in [1.807, 2.05) is 32.2 Å². The third-order valence-corrected chi connectivity index (χ3v) is 3.79. The molecule has 0 saturated heterocycles. The van der Waals surface area contributed by atoms with Crippen molar-refractivity contribution in [3.63, 3.8) is 0 Å². The summed E-state index contributed by atoms with van der Waals surface area (Å²) in [6.45, 7) is 2.04. The van der Waals surface area contributed by atoms with Gasteiger partial charge in [0.1, 0.15) is 23.6 Å². The summed E-state index contributed by atoms with van der Waals surface area (Å²) in [7, 11) is 5.16. The molecule has 1 unspecified atom stereocenters. The number of hydrogen-bond donors (Lipinski definition) is 1. The lowest BCUT2D eigenvalue weighted by atomic mass is 10.1. The fourth-order valence-electron chi connectivity index (χ4n) is 2.54. The van der Waals surface area contributed by atoms with E-state index in [0.29, 0.717) is 0 Å². The highest BCUT2D eigenvalue weighted by Crippen LogP contribution is 2.32. The standard InChI is InChI=1S/C16H19N5O2/c1-10(12-7-11(22-3)5-6-14(12)23-4)20-15-13-8-19-21(2)16(13)18-9-17-15/h5-10H,1-4H3,(H,17,18,20). The van der Waals surface area contributed by atoms with Crippen LogP contribution >= 0.6 is 0 Å². The number of nitrogens with one attached hydrogen (secondary N) is 1. The monoisotopic (exact) mass is 313 g/mol. The zero-order chi connectivity index (χ0) is 16.4. The molecule has 1 aromatic carbocycles. The van der Waals surface area contributed by atoms with Crippen molar-refractivity contribution in [2.75, 3.05) is 19.5 Å². The molecular formula is C16H19N5O2. The third kappa shape index (κ3) is 2.77. The van der Waals surface area contributed by atoms with Gasteiger partial charge in [0, 0.05) is 12.6 Å². The van der Waals surface area contributed by atoms with Crippen molar-refractivity contribution in [3.05, 3.63) is 36.3 Å². The van der Waals surface area contributed by atoms with Crippen molar-refractivity contribution in [2.45, 2.75) is 13.0 Å². The molecule has 2 aromatic heterocycles. The maximum atomic E-state index is 5.45. The summed E-state index contributed by atoms with van der Waals surface area (Å²) in [5, 5.41) is 8.51. The van der Waals surface area contributed by atoms with Gasteiger partial charge < -0.3 is 14.8 Å². The molecular weight excluding hydrogens is 294 g/mol. The Morgan fingerprint density at radius 3 is 2.74 bits per heavy atom. The molecule has 0 bridgehead atoms. The van der Waals surface area contributed by atoms with Crippen LogP contribution in [0.1, 0.15) is 18.5 Å². The Balaban J connectivity index is 1.96. The molecule has 2 heterocycles. The van der Waals surface area contributed by atoms with E-state index in [1.165, 1.54) is 6.33 Å². The summed E-state index contributed by atoms with van der Waals surface area (Å²) >= 11 is 0. The van der Waals surface area contributed by atoms with E-state index in [4.69, 9.17) is 9.47 Å². The molecule has 0 amide bonds. The SMILES string of the molecule is COc1ccc(OC)c(C(C)Nc2ncnc3c2cnn3C)c1. The minimum atomic E-state index is -0.0293. The highest BCUT2D eigenvalue weighted by molar-refractivity contribution is 5.86. The van der Waals surface area contributed by atoms with E-state index < -0.39 is 0 Å². The summed E-state index contributed by atoms with van der Waals surface area (Å²) < 4.78 is 12.5. The molecule has 1 atom stereocenters. The predicted molar refractivity (Wildman–Crippen MR) is 87.9 cm³/mol. The number of aromatic nitrogens is 4.